The van der Waals surface area contributed by atoms with E-state index in [1.54, 1.807) is 13.8 Å². The van der Waals surface area contributed by atoms with Gasteiger partial charge in [0, 0.05) is 5.69 Å². The van der Waals surface area contributed by atoms with Crippen LogP contribution in [0.25, 0.3) is 0 Å². The van der Waals surface area contributed by atoms with Gasteiger partial charge in [0.2, 0.25) is 0 Å². The van der Waals surface area contributed by atoms with Crippen LogP contribution >= 0.6 is 0 Å². The number of rotatable bonds is 3. The topological polar surface area (TPSA) is 50.2 Å². The molecule has 0 saturated carbocycles. The molecule has 0 fully saturated rings. The number of carbonyl (C=O) groups is 1. The fraction of sp³-hybridized carbons (Fsp3) is 0.571. The summed E-state index contributed by atoms with van der Waals surface area (Å²) in [4.78, 5) is 15.2. The first-order chi connectivity index (χ1) is 11.1. The zero-order chi connectivity index (χ0) is 19.9. The number of carboxylic acid groups (broad SMARTS) is 1. The van der Waals surface area contributed by atoms with Gasteiger partial charge in [-0.05, 0) is 31.4 Å². The van der Waals surface area contributed by atoms with Crippen molar-refractivity contribution in [2.75, 3.05) is 0 Å². The molecule has 1 aromatic rings. The Bertz CT molecular complexity index is 421. The fourth-order valence-corrected chi connectivity index (χ4v) is 1.48. The summed E-state index contributed by atoms with van der Waals surface area (Å²) in [5, 5.41) is 8.94. The summed E-state index contributed by atoms with van der Waals surface area (Å²) in [6.07, 6.45) is 2.22. The van der Waals surface area contributed by atoms with E-state index in [9.17, 15) is 4.79 Å². The summed E-state index contributed by atoms with van der Waals surface area (Å²) in [6.45, 7) is 24.6. The number of hydrogen-bond acceptors (Lipinski definition) is 2. The van der Waals surface area contributed by atoms with Gasteiger partial charge in [0.1, 0.15) is 0 Å². The molecule has 4 heteroatoms. The zero-order valence-electron chi connectivity index (χ0n) is 18.3. The maximum atomic E-state index is 10.9. The van der Waals surface area contributed by atoms with Gasteiger partial charge in [0.25, 0.3) is 0 Å². The molecule has 1 aromatic heterocycles. The van der Waals surface area contributed by atoms with Gasteiger partial charge in [-0.15, -0.1) is 0 Å². The van der Waals surface area contributed by atoms with Crippen molar-refractivity contribution in [3.05, 3.63) is 48.3 Å². The standard InChI is InChI=1S/C11H15NO2.C5H11.C3H7.C2H5.K/c1-6(2)9-5-7(3)10(11(13)14)8(4)12-9;1-4-5(2)3;1-3-2;1-2;/h5-6H,1-4H3,(H,13,14);4H2,1-3H3;1,3H2,2H3;1H2,2H3;/q;3*-1;+1. The molecule has 0 bridgehead atoms. The van der Waals surface area contributed by atoms with Gasteiger partial charge in [-0.2, -0.15) is 33.6 Å². The number of hydrogen-bond donors (Lipinski definition) is 1. The van der Waals surface area contributed by atoms with E-state index in [0.717, 1.165) is 17.7 Å². The van der Waals surface area contributed by atoms with Crippen LogP contribution in [-0.2, 0) is 0 Å². The second-order valence-electron chi connectivity index (χ2n) is 5.84. The van der Waals surface area contributed by atoms with Crippen molar-refractivity contribution in [1.82, 2.24) is 4.98 Å². The van der Waals surface area contributed by atoms with E-state index in [0.29, 0.717) is 17.2 Å². The molecule has 0 aliphatic rings. The summed E-state index contributed by atoms with van der Waals surface area (Å²) < 4.78 is 0. The predicted molar refractivity (Wildman–Crippen MR) is 106 cm³/mol. The SMILES string of the molecule is CC[C-](C)C.Cc1cc(C(C)C)nc(C)c1C(=O)O.[CH2-]C.[CH2-]CC.[K+]. The molecule has 142 valence electrons. The molecular weight excluding hydrogens is 337 g/mol. The summed E-state index contributed by atoms with van der Waals surface area (Å²) >= 11 is 0. The molecule has 1 rings (SSSR count). The van der Waals surface area contributed by atoms with E-state index in [4.69, 9.17) is 5.11 Å². The first-order valence-electron chi connectivity index (χ1n) is 8.62. The van der Waals surface area contributed by atoms with Gasteiger partial charge in [-0.25, -0.2) is 4.79 Å². The van der Waals surface area contributed by atoms with Crippen molar-refractivity contribution >= 4 is 5.97 Å². The summed E-state index contributed by atoms with van der Waals surface area (Å²) in [7, 11) is 0. The number of aryl methyl sites for hydroxylation is 2. The van der Waals surface area contributed by atoms with Crippen molar-refractivity contribution in [3.8, 4) is 0 Å². The number of aromatic carboxylic acids is 1. The predicted octanol–water partition coefficient (Wildman–Crippen LogP) is 3.61. The molecule has 0 spiro atoms. The van der Waals surface area contributed by atoms with E-state index < -0.39 is 5.97 Å². The second-order valence-corrected chi connectivity index (χ2v) is 5.84. The monoisotopic (exact) mass is 375 g/mol. The van der Waals surface area contributed by atoms with E-state index in [1.165, 1.54) is 12.3 Å². The van der Waals surface area contributed by atoms with Crippen LogP contribution in [0.15, 0.2) is 6.07 Å². The number of pyridine rings is 1. The molecule has 0 unspecified atom stereocenters. The third-order valence-electron chi connectivity index (χ3n) is 2.93. The Morgan fingerprint density at radius 3 is 1.80 bits per heavy atom. The number of carboxylic acids is 1. The van der Waals surface area contributed by atoms with Crippen LogP contribution in [0.3, 0.4) is 0 Å². The zero-order valence-corrected chi connectivity index (χ0v) is 21.4. The van der Waals surface area contributed by atoms with Crippen molar-refractivity contribution in [1.29, 1.82) is 0 Å². The minimum Gasteiger partial charge on any atom is -0.478 e. The van der Waals surface area contributed by atoms with Crippen LogP contribution in [0.4, 0.5) is 0 Å². The molecule has 0 aliphatic carbocycles. The average Bonchev–Trinajstić information content (AvgIpc) is 2.49. The molecule has 0 atom stereocenters. The Morgan fingerprint density at radius 1 is 1.24 bits per heavy atom. The summed E-state index contributed by atoms with van der Waals surface area (Å²) in [5.74, 6) is 0.933. The first kappa shape index (κ1) is 32.9. The quantitative estimate of drug-likeness (QED) is 0.648. The normalized spacial score (nSPS) is 8.84. The molecule has 0 saturated heterocycles. The van der Waals surface area contributed by atoms with Gasteiger partial charge >= 0.3 is 57.4 Å². The Hall–Kier alpha value is 0.256. The largest absolute Gasteiger partial charge is 1.00 e. The van der Waals surface area contributed by atoms with Gasteiger partial charge in [-0.1, -0.05) is 27.7 Å². The number of aromatic nitrogens is 1. The van der Waals surface area contributed by atoms with E-state index >= 15 is 0 Å². The van der Waals surface area contributed by atoms with Crippen LogP contribution in [0.5, 0.6) is 0 Å². The molecule has 1 heterocycles. The van der Waals surface area contributed by atoms with Gasteiger partial charge in [0.05, 0.1) is 11.3 Å². The van der Waals surface area contributed by atoms with Gasteiger partial charge in [-0.3, -0.25) is 4.98 Å². The Kier molecular flexibility index (Phi) is 27.1. The maximum absolute atomic E-state index is 10.9. The molecular formula is C21H38KNO2-2. The second kappa shape index (κ2) is 20.6. The Labute approximate surface area is 199 Å². The van der Waals surface area contributed by atoms with Crippen LogP contribution in [0.2, 0.25) is 0 Å². The van der Waals surface area contributed by atoms with Crippen molar-refractivity contribution < 1.29 is 61.3 Å². The molecule has 3 nitrogen and oxygen atoms in total. The van der Waals surface area contributed by atoms with E-state index in [2.05, 4.69) is 39.6 Å². The Balaban J connectivity index is -0.000000169. The molecule has 25 heavy (non-hydrogen) atoms. The van der Waals surface area contributed by atoms with Crippen LogP contribution in [0, 0.1) is 33.6 Å². The maximum Gasteiger partial charge on any atom is 1.00 e. The molecule has 0 radical (unpaired) electrons. The molecule has 0 amide bonds. The van der Waals surface area contributed by atoms with Gasteiger partial charge < -0.3 is 24.9 Å². The molecule has 0 aliphatic heterocycles. The first-order valence-corrected chi connectivity index (χ1v) is 8.62. The number of nitrogens with zero attached hydrogens (tertiary/aromatic N) is 1. The van der Waals surface area contributed by atoms with Crippen LogP contribution in [0.1, 0.15) is 94.5 Å². The molecule has 0 aromatic carbocycles. The van der Waals surface area contributed by atoms with Gasteiger partial charge in [0.15, 0.2) is 0 Å². The third kappa shape index (κ3) is 17.4. The summed E-state index contributed by atoms with van der Waals surface area (Å²) in [6, 6.07) is 1.85. The minimum absolute atomic E-state index is 0. The minimum atomic E-state index is -0.900. The van der Waals surface area contributed by atoms with Crippen LogP contribution < -0.4 is 51.4 Å². The smallest absolute Gasteiger partial charge is 0.478 e. The molecule has 1 N–H and O–H groups in total. The third-order valence-corrected chi connectivity index (χ3v) is 2.93. The summed E-state index contributed by atoms with van der Waals surface area (Å²) in [5.41, 5.74) is 2.66. The average molecular weight is 376 g/mol. The fourth-order valence-electron chi connectivity index (χ4n) is 1.48. The van der Waals surface area contributed by atoms with Crippen molar-refractivity contribution in [2.45, 2.75) is 81.1 Å². The van der Waals surface area contributed by atoms with Crippen molar-refractivity contribution in [2.24, 2.45) is 0 Å². The van der Waals surface area contributed by atoms with Crippen LogP contribution in [-0.4, -0.2) is 16.1 Å². The van der Waals surface area contributed by atoms with E-state index in [1.807, 2.05) is 33.8 Å². The Morgan fingerprint density at radius 2 is 1.60 bits per heavy atom. The van der Waals surface area contributed by atoms with Crippen molar-refractivity contribution in [3.63, 3.8) is 0 Å². The van der Waals surface area contributed by atoms with E-state index in [-0.39, 0.29) is 51.4 Å².